The molecule has 0 aliphatic rings. The minimum absolute atomic E-state index is 0.0879. The van der Waals surface area contributed by atoms with E-state index in [2.05, 4.69) is 5.32 Å². The maximum absolute atomic E-state index is 14.0. The van der Waals surface area contributed by atoms with Crippen molar-refractivity contribution < 1.29 is 18.0 Å². The van der Waals surface area contributed by atoms with Crippen molar-refractivity contribution in [3.05, 3.63) is 95.1 Å². The molecule has 0 aromatic heterocycles. The summed E-state index contributed by atoms with van der Waals surface area (Å²) in [6.45, 7) is 11.6. The van der Waals surface area contributed by atoms with Crippen molar-refractivity contribution in [1.29, 1.82) is 0 Å². The predicted molar refractivity (Wildman–Crippen MR) is 156 cm³/mol. The summed E-state index contributed by atoms with van der Waals surface area (Å²) in [5.41, 5.74) is 4.04. The zero-order valence-corrected chi connectivity index (χ0v) is 24.5. The molecule has 1 N–H and O–H groups in total. The zero-order chi connectivity index (χ0) is 28.7. The average Bonchev–Trinajstić information content (AvgIpc) is 2.88. The van der Waals surface area contributed by atoms with Crippen LogP contribution in [0.3, 0.4) is 0 Å². The van der Waals surface area contributed by atoms with Gasteiger partial charge in [0.25, 0.3) is 10.0 Å². The summed E-state index contributed by atoms with van der Waals surface area (Å²) in [6, 6.07) is 20.4. The highest BCUT2D eigenvalue weighted by Gasteiger charge is 2.32. The van der Waals surface area contributed by atoms with Gasteiger partial charge in [0.2, 0.25) is 11.8 Å². The third-order valence-electron chi connectivity index (χ3n) is 6.39. The smallest absolute Gasteiger partial charge is 0.264 e. The Bertz CT molecular complexity index is 1380. The number of rotatable bonds is 11. The molecule has 3 aromatic rings. The van der Waals surface area contributed by atoms with Gasteiger partial charge >= 0.3 is 0 Å². The second-order valence-corrected chi connectivity index (χ2v) is 12.4. The van der Waals surface area contributed by atoms with Crippen molar-refractivity contribution in [3.8, 4) is 0 Å². The third-order valence-corrected chi connectivity index (χ3v) is 8.18. The normalized spacial score (nSPS) is 12.2. The van der Waals surface area contributed by atoms with Gasteiger partial charge in [-0.2, -0.15) is 0 Å². The van der Waals surface area contributed by atoms with Crippen molar-refractivity contribution in [2.24, 2.45) is 5.92 Å². The SMILES string of the molecule is Cc1cccc(CN(C(=O)CN(c2cc(C)cc(C)c2)S(=O)(=O)c2ccccc2)[C@@H](C)C(=O)NCC(C)C)c1. The van der Waals surface area contributed by atoms with Gasteiger partial charge in [-0.1, -0.05) is 67.9 Å². The van der Waals surface area contributed by atoms with Crippen molar-refractivity contribution in [2.45, 2.75) is 59.0 Å². The van der Waals surface area contributed by atoms with Gasteiger partial charge in [-0.25, -0.2) is 8.42 Å². The van der Waals surface area contributed by atoms with E-state index in [4.69, 9.17) is 0 Å². The number of aryl methyl sites for hydroxylation is 3. The molecule has 0 saturated heterocycles. The van der Waals surface area contributed by atoms with Gasteiger partial charge in [0, 0.05) is 13.1 Å². The first-order valence-corrected chi connectivity index (χ1v) is 14.6. The largest absolute Gasteiger partial charge is 0.354 e. The number of anilines is 1. The van der Waals surface area contributed by atoms with Crippen LogP contribution >= 0.6 is 0 Å². The van der Waals surface area contributed by atoms with Gasteiger partial charge < -0.3 is 10.2 Å². The van der Waals surface area contributed by atoms with E-state index in [0.717, 1.165) is 26.6 Å². The summed E-state index contributed by atoms with van der Waals surface area (Å²) in [4.78, 5) is 28.6. The van der Waals surface area contributed by atoms with Crippen LogP contribution in [-0.4, -0.2) is 44.3 Å². The lowest BCUT2D eigenvalue weighted by atomic mass is 10.1. The Labute approximate surface area is 232 Å². The van der Waals surface area contributed by atoms with Crippen LogP contribution in [0.1, 0.15) is 43.0 Å². The number of hydrogen-bond acceptors (Lipinski definition) is 4. The monoisotopic (exact) mass is 549 g/mol. The number of sulfonamides is 1. The third kappa shape index (κ3) is 7.93. The van der Waals surface area contributed by atoms with Crippen molar-refractivity contribution in [1.82, 2.24) is 10.2 Å². The molecule has 2 amide bonds. The minimum atomic E-state index is -4.08. The minimum Gasteiger partial charge on any atom is -0.354 e. The summed E-state index contributed by atoms with van der Waals surface area (Å²) in [7, 11) is -4.08. The van der Waals surface area contributed by atoms with Crippen LogP contribution in [0.4, 0.5) is 5.69 Å². The molecule has 0 fully saturated rings. The summed E-state index contributed by atoms with van der Waals surface area (Å²) >= 11 is 0. The van der Waals surface area contributed by atoms with E-state index in [1.54, 1.807) is 37.3 Å². The highest BCUT2D eigenvalue weighted by atomic mass is 32.2. The number of benzene rings is 3. The van der Waals surface area contributed by atoms with Crippen LogP contribution in [0.15, 0.2) is 77.7 Å². The molecule has 8 heteroatoms. The summed E-state index contributed by atoms with van der Waals surface area (Å²) in [5.74, 6) is -0.505. The fraction of sp³-hybridized carbons (Fsp3) is 0.355. The molecular weight excluding hydrogens is 510 g/mol. The number of carbonyl (C=O) groups is 2. The van der Waals surface area contributed by atoms with Gasteiger partial charge in [-0.05, 0) is 74.6 Å². The molecule has 0 heterocycles. The van der Waals surface area contributed by atoms with Gasteiger partial charge in [-0.3, -0.25) is 13.9 Å². The fourth-order valence-corrected chi connectivity index (χ4v) is 5.80. The van der Waals surface area contributed by atoms with Crippen LogP contribution in [0, 0.1) is 26.7 Å². The van der Waals surface area contributed by atoms with E-state index in [9.17, 15) is 18.0 Å². The second-order valence-electron chi connectivity index (χ2n) is 10.5. The Morgan fingerprint density at radius 3 is 2.05 bits per heavy atom. The molecule has 7 nitrogen and oxygen atoms in total. The maximum Gasteiger partial charge on any atom is 0.264 e. The number of carbonyl (C=O) groups excluding carboxylic acids is 2. The molecule has 0 spiro atoms. The first-order chi connectivity index (χ1) is 18.4. The van der Waals surface area contributed by atoms with Gasteiger partial charge in [-0.15, -0.1) is 0 Å². The van der Waals surface area contributed by atoms with E-state index in [-0.39, 0.29) is 23.3 Å². The molecule has 1 atom stereocenters. The van der Waals surface area contributed by atoms with Crippen LogP contribution < -0.4 is 9.62 Å². The standard InChI is InChI=1S/C31H39N3O4S/c1-22(2)19-32-31(36)26(6)33(20-27-12-10-11-23(3)16-27)30(35)21-34(28-17-24(4)15-25(5)18-28)39(37,38)29-13-8-7-9-14-29/h7-18,22,26H,19-21H2,1-6H3,(H,32,36)/t26-/m0/s1. The lowest BCUT2D eigenvalue weighted by Gasteiger charge is -2.32. The Kier molecular flexibility index (Phi) is 9.92. The van der Waals surface area contributed by atoms with Crippen molar-refractivity contribution >= 4 is 27.5 Å². The zero-order valence-electron chi connectivity index (χ0n) is 23.6. The van der Waals surface area contributed by atoms with E-state index >= 15 is 0 Å². The van der Waals surface area contributed by atoms with E-state index < -0.39 is 28.5 Å². The highest BCUT2D eigenvalue weighted by molar-refractivity contribution is 7.92. The van der Waals surface area contributed by atoms with Gasteiger partial charge in [0.1, 0.15) is 12.6 Å². The molecule has 3 aromatic carbocycles. The van der Waals surface area contributed by atoms with Crippen LogP contribution in [0.25, 0.3) is 0 Å². The topological polar surface area (TPSA) is 86.8 Å². The number of amides is 2. The number of hydrogen-bond donors (Lipinski definition) is 1. The quantitative estimate of drug-likeness (QED) is 0.365. The molecule has 0 bridgehead atoms. The molecule has 0 saturated carbocycles. The summed E-state index contributed by atoms with van der Waals surface area (Å²) < 4.78 is 28.9. The lowest BCUT2D eigenvalue weighted by molar-refractivity contribution is -0.139. The Morgan fingerprint density at radius 2 is 1.46 bits per heavy atom. The molecule has 39 heavy (non-hydrogen) atoms. The molecule has 3 rings (SSSR count). The average molecular weight is 550 g/mol. The molecule has 0 aliphatic heterocycles. The maximum atomic E-state index is 14.0. The first-order valence-electron chi connectivity index (χ1n) is 13.2. The molecule has 208 valence electrons. The second kappa shape index (κ2) is 12.9. The van der Waals surface area contributed by atoms with Crippen LogP contribution in [0.5, 0.6) is 0 Å². The fourth-order valence-electron chi connectivity index (χ4n) is 4.39. The molecule has 0 radical (unpaired) electrons. The van der Waals surface area contributed by atoms with Crippen molar-refractivity contribution in [2.75, 3.05) is 17.4 Å². The number of nitrogens with zero attached hydrogens (tertiary/aromatic N) is 2. The predicted octanol–water partition coefficient (Wildman–Crippen LogP) is 5.00. The van der Waals surface area contributed by atoms with Gasteiger partial charge in [0.15, 0.2) is 0 Å². The van der Waals surface area contributed by atoms with Crippen LogP contribution in [-0.2, 0) is 26.2 Å². The highest BCUT2D eigenvalue weighted by Crippen LogP contribution is 2.26. The number of nitrogens with one attached hydrogen (secondary N) is 1. The summed E-state index contributed by atoms with van der Waals surface area (Å²) in [6.07, 6.45) is 0. The summed E-state index contributed by atoms with van der Waals surface area (Å²) in [5, 5.41) is 2.91. The van der Waals surface area contributed by atoms with E-state index in [0.29, 0.717) is 12.2 Å². The Morgan fingerprint density at radius 1 is 0.821 bits per heavy atom. The Hall–Kier alpha value is -3.65. The first kappa shape index (κ1) is 29.9. The van der Waals surface area contributed by atoms with Crippen molar-refractivity contribution in [3.63, 3.8) is 0 Å². The lowest BCUT2D eigenvalue weighted by Crippen LogP contribution is -2.51. The molecule has 0 unspecified atom stereocenters. The molecular formula is C31H39N3O4S. The van der Waals surface area contributed by atoms with Crippen LogP contribution in [0.2, 0.25) is 0 Å². The van der Waals surface area contributed by atoms with Gasteiger partial charge in [0.05, 0.1) is 10.6 Å². The van der Waals surface area contributed by atoms with E-state index in [1.165, 1.54) is 17.0 Å². The molecule has 0 aliphatic carbocycles. The Balaban J connectivity index is 2.03. The van der Waals surface area contributed by atoms with E-state index in [1.807, 2.05) is 65.0 Å².